The third-order valence-electron chi connectivity index (χ3n) is 5.44. The number of rotatable bonds is 13. The van der Waals surface area contributed by atoms with Crippen molar-refractivity contribution in [2.75, 3.05) is 28.4 Å². The van der Waals surface area contributed by atoms with E-state index in [1.54, 1.807) is 28.4 Å². The first-order chi connectivity index (χ1) is 14.7. The maximum Gasteiger partial charge on any atom is 0.140 e. The van der Waals surface area contributed by atoms with Crippen molar-refractivity contribution in [2.45, 2.75) is 58.3 Å². The molecule has 0 fully saturated rings. The molecule has 0 atom stereocenters. The van der Waals surface area contributed by atoms with Crippen LogP contribution in [0.15, 0.2) is 23.4 Å². The van der Waals surface area contributed by atoms with Gasteiger partial charge in [-0.25, -0.2) is 0 Å². The molecule has 0 aliphatic rings. The Kier molecular flexibility index (Phi) is 9.58. The standard InChI is InChI=1S/C24H35NO5/c1-6-7-8-9-10-11-12-13-18(25-26)17-16-21(29-4)22-19(27-2)14-15-20(28-3)23(22)24(17)30-5/h14-16,26H,6-13H2,1-5H3/b25-18+. The summed E-state index contributed by atoms with van der Waals surface area (Å²) in [5.41, 5.74) is 1.27. The maximum atomic E-state index is 9.77. The van der Waals surface area contributed by atoms with Gasteiger partial charge in [-0.3, -0.25) is 0 Å². The Labute approximate surface area is 179 Å². The molecule has 166 valence electrons. The molecule has 1 N–H and O–H groups in total. The van der Waals surface area contributed by atoms with Gasteiger partial charge in [-0.2, -0.15) is 0 Å². The van der Waals surface area contributed by atoms with Crippen molar-refractivity contribution in [3.05, 3.63) is 23.8 Å². The van der Waals surface area contributed by atoms with E-state index in [1.165, 1.54) is 32.1 Å². The van der Waals surface area contributed by atoms with Gasteiger partial charge in [0, 0.05) is 5.56 Å². The smallest absolute Gasteiger partial charge is 0.140 e. The highest BCUT2D eigenvalue weighted by atomic mass is 16.5. The van der Waals surface area contributed by atoms with Crippen molar-refractivity contribution in [1.82, 2.24) is 0 Å². The molecule has 0 aromatic heterocycles. The van der Waals surface area contributed by atoms with E-state index in [0.29, 0.717) is 40.7 Å². The molecule has 6 heteroatoms. The first-order valence-corrected chi connectivity index (χ1v) is 10.7. The lowest BCUT2D eigenvalue weighted by Crippen LogP contribution is -2.07. The summed E-state index contributed by atoms with van der Waals surface area (Å²) in [7, 11) is 6.43. The highest BCUT2D eigenvalue weighted by molar-refractivity contribution is 6.12. The fraction of sp³-hybridized carbons (Fsp3) is 0.542. The van der Waals surface area contributed by atoms with Gasteiger partial charge in [-0.05, 0) is 31.0 Å². The van der Waals surface area contributed by atoms with Crippen molar-refractivity contribution in [3.8, 4) is 23.0 Å². The SMILES string of the molecule is CCCCCCCCC/C(=N\O)c1cc(OC)c2c(OC)ccc(OC)c2c1OC. The van der Waals surface area contributed by atoms with Crippen LogP contribution in [0.4, 0.5) is 0 Å². The molecular formula is C24H35NO5. The minimum Gasteiger partial charge on any atom is -0.496 e. The zero-order valence-corrected chi connectivity index (χ0v) is 18.9. The van der Waals surface area contributed by atoms with Gasteiger partial charge < -0.3 is 24.2 Å². The molecule has 0 spiro atoms. The quantitative estimate of drug-likeness (QED) is 0.182. The second-order valence-corrected chi connectivity index (χ2v) is 7.30. The first kappa shape index (κ1) is 23.6. The molecule has 30 heavy (non-hydrogen) atoms. The van der Waals surface area contributed by atoms with E-state index in [2.05, 4.69) is 12.1 Å². The average molecular weight is 418 g/mol. The Morgan fingerprint density at radius 1 is 0.767 bits per heavy atom. The number of unbranched alkanes of at least 4 members (excludes halogenated alkanes) is 6. The summed E-state index contributed by atoms with van der Waals surface area (Å²) in [6, 6.07) is 5.51. The molecule has 6 nitrogen and oxygen atoms in total. The van der Waals surface area contributed by atoms with Crippen molar-refractivity contribution < 1.29 is 24.2 Å². The van der Waals surface area contributed by atoms with Gasteiger partial charge in [0.1, 0.15) is 23.0 Å². The van der Waals surface area contributed by atoms with E-state index < -0.39 is 0 Å². The fourth-order valence-corrected chi connectivity index (χ4v) is 3.85. The summed E-state index contributed by atoms with van der Waals surface area (Å²) in [6.45, 7) is 2.22. The van der Waals surface area contributed by atoms with Crippen molar-refractivity contribution in [1.29, 1.82) is 0 Å². The molecule has 0 aliphatic heterocycles. The molecule has 2 aromatic carbocycles. The topological polar surface area (TPSA) is 69.5 Å². The Bertz CT molecular complexity index is 847. The maximum absolute atomic E-state index is 9.77. The lowest BCUT2D eigenvalue weighted by molar-refractivity contribution is 0.317. The Balaban J connectivity index is 2.40. The molecular weight excluding hydrogens is 382 g/mol. The molecule has 2 rings (SSSR count). The third kappa shape index (κ3) is 5.29. The van der Waals surface area contributed by atoms with Crippen LogP contribution in [-0.2, 0) is 0 Å². The molecule has 2 aromatic rings. The zero-order valence-electron chi connectivity index (χ0n) is 18.9. The van der Waals surface area contributed by atoms with E-state index in [1.807, 2.05) is 18.2 Å². The van der Waals surface area contributed by atoms with Crippen LogP contribution in [0.3, 0.4) is 0 Å². The molecule has 0 aliphatic carbocycles. The summed E-state index contributed by atoms with van der Waals surface area (Å²) in [6.07, 6.45) is 8.99. The molecule has 0 amide bonds. The van der Waals surface area contributed by atoms with Gasteiger partial charge in [0.15, 0.2) is 0 Å². The number of hydrogen-bond acceptors (Lipinski definition) is 6. The lowest BCUT2D eigenvalue weighted by atomic mass is 9.96. The number of benzene rings is 2. The molecule has 0 heterocycles. The largest absolute Gasteiger partial charge is 0.496 e. The summed E-state index contributed by atoms with van der Waals surface area (Å²) < 4.78 is 22.6. The van der Waals surface area contributed by atoms with E-state index in [9.17, 15) is 5.21 Å². The average Bonchev–Trinajstić information content (AvgIpc) is 2.79. The van der Waals surface area contributed by atoms with Gasteiger partial charge in [-0.15, -0.1) is 0 Å². The van der Waals surface area contributed by atoms with E-state index in [0.717, 1.165) is 23.6 Å². The number of methoxy groups -OCH3 is 4. The summed E-state index contributed by atoms with van der Waals surface area (Å²) >= 11 is 0. The lowest BCUT2D eigenvalue weighted by Gasteiger charge is -2.19. The minimum absolute atomic E-state index is 0.575. The number of nitrogens with zero attached hydrogens (tertiary/aromatic N) is 1. The van der Waals surface area contributed by atoms with E-state index in [4.69, 9.17) is 18.9 Å². The first-order valence-electron chi connectivity index (χ1n) is 10.7. The van der Waals surface area contributed by atoms with Crippen LogP contribution >= 0.6 is 0 Å². The van der Waals surface area contributed by atoms with Crippen LogP contribution in [0.5, 0.6) is 23.0 Å². The predicted octanol–water partition coefficient (Wildman–Crippen LogP) is 6.19. The summed E-state index contributed by atoms with van der Waals surface area (Å²) in [5, 5.41) is 14.9. The summed E-state index contributed by atoms with van der Waals surface area (Å²) in [4.78, 5) is 0. The van der Waals surface area contributed by atoms with Crippen LogP contribution in [0.1, 0.15) is 63.9 Å². The van der Waals surface area contributed by atoms with E-state index in [-0.39, 0.29) is 0 Å². The third-order valence-corrected chi connectivity index (χ3v) is 5.44. The number of hydrogen-bond donors (Lipinski definition) is 1. The molecule has 0 saturated carbocycles. The van der Waals surface area contributed by atoms with Gasteiger partial charge in [0.25, 0.3) is 0 Å². The predicted molar refractivity (Wildman–Crippen MR) is 121 cm³/mol. The highest BCUT2D eigenvalue weighted by Gasteiger charge is 2.23. The molecule has 0 radical (unpaired) electrons. The van der Waals surface area contributed by atoms with Gasteiger partial charge in [0.05, 0.1) is 44.9 Å². The number of ether oxygens (including phenoxy) is 4. The van der Waals surface area contributed by atoms with Gasteiger partial charge in [-0.1, -0.05) is 50.6 Å². The van der Waals surface area contributed by atoms with Crippen LogP contribution in [0.2, 0.25) is 0 Å². The number of oxime groups is 1. The van der Waals surface area contributed by atoms with Crippen LogP contribution in [0, 0.1) is 0 Å². The number of fused-ring (bicyclic) bond motifs is 1. The normalized spacial score (nSPS) is 11.6. The second kappa shape index (κ2) is 12.2. The van der Waals surface area contributed by atoms with Crippen molar-refractivity contribution in [2.24, 2.45) is 5.16 Å². The fourth-order valence-electron chi connectivity index (χ4n) is 3.85. The van der Waals surface area contributed by atoms with E-state index >= 15 is 0 Å². The van der Waals surface area contributed by atoms with Crippen molar-refractivity contribution in [3.63, 3.8) is 0 Å². The minimum atomic E-state index is 0.575. The molecule has 0 saturated heterocycles. The Morgan fingerprint density at radius 2 is 1.33 bits per heavy atom. The Hall–Kier alpha value is -2.63. The van der Waals surface area contributed by atoms with Crippen LogP contribution in [0.25, 0.3) is 10.8 Å². The van der Waals surface area contributed by atoms with Gasteiger partial charge >= 0.3 is 0 Å². The molecule has 0 unspecified atom stereocenters. The second-order valence-electron chi connectivity index (χ2n) is 7.30. The summed E-state index contributed by atoms with van der Waals surface area (Å²) in [5.74, 6) is 2.48. The van der Waals surface area contributed by atoms with Crippen LogP contribution in [-0.4, -0.2) is 39.4 Å². The van der Waals surface area contributed by atoms with Gasteiger partial charge in [0.2, 0.25) is 0 Å². The van der Waals surface area contributed by atoms with Crippen molar-refractivity contribution >= 4 is 16.5 Å². The highest BCUT2D eigenvalue weighted by Crippen LogP contribution is 2.46. The Morgan fingerprint density at radius 3 is 1.87 bits per heavy atom. The monoisotopic (exact) mass is 417 g/mol. The molecule has 0 bridgehead atoms. The zero-order chi connectivity index (χ0) is 21.9. The van der Waals surface area contributed by atoms with Crippen LogP contribution < -0.4 is 18.9 Å².